The van der Waals surface area contributed by atoms with Crippen LogP contribution < -0.4 is 10.1 Å². The van der Waals surface area contributed by atoms with Gasteiger partial charge in [0.25, 0.3) is 0 Å². The van der Waals surface area contributed by atoms with Crippen molar-refractivity contribution in [2.45, 2.75) is 20.8 Å². The van der Waals surface area contributed by atoms with Gasteiger partial charge in [0.2, 0.25) is 0 Å². The van der Waals surface area contributed by atoms with E-state index in [9.17, 15) is 0 Å². The number of aryl methyl sites for hydroxylation is 2. The second kappa shape index (κ2) is 6.67. The van der Waals surface area contributed by atoms with E-state index in [1.807, 2.05) is 31.2 Å². The molecule has 1 N–H and O–H groups in total. The average molecular weight is 290 g/mol. The molecule has 3 heteroatoms. The van der Waals surface area contributed by atoms with E-state index in [4.69, 9.17) is 16.3 Å². The molecule has 106 valence electrons. The highest BCUT2D eigenvalue weighted by Gasteiger charge is 2.02. The summed E-state index contributed by atoms with van der Waals surface area (Å²) in [7, 11) is 0. The van der Waals surface area contributed by atoms with Crippen molar-refractivity contribution in [1.82, 2.24) is 0 Å². The summed E-state index contributed by atoms with van der Waals surface area (Å²) in [5.41, 5.74) is 4.55. The third-order valence-electron chi connectivity index (χ3n) is 3.27. The molecule has 0 saturated carbocycles. The number of ether oxygens (including phenoxy) is 1. The minimum atomic E-state index is 0.621. The number of halogens is 1. The molecule has 0 aliphatic carbocycles. The second-order valence-corrected chi connectivity index (χ2v) is 5.36. The SMILES string of the molecule is Cc1ccc(OCCNc2cccc(Cl)c2C)c(C)c1. The van der Waals surface area contributed by atoms with Crippen molar-refractivity contribution < 1.29 is 4.74 Å². The molecule has 0 aromatic heterocycles. The van der Waals surface area contributed by atoms with E-state index in [-0.39, 0.29) is 0 Å². The Hall–Kier alpha value is -1.67. The van der Waals surface area contributed by atoms with E-state index in [2.05, 4.69) is 31.3 Å². The van der Waals surface area contributed by atoms with Crippen molar-refractivity contribution in [2.24, 2.45) is 0 Å². The molecule has 0 unspecified atom stereocenters. The van der Waals surface area contributed by atoms with Gasteiger partial charge in [-0.1, -0.05) is 35.4 Å². The van der Waals surface area contributed by atoms with Gasteiger partial charge in [-0.25, -0.2) is 0 Å². The molecule has 0 saturated heterocycles. The first kappa shape index (κ1) is 14.7. The van der Waals surface area contributed by atoms with Gasteiger partial charge in [0, 0.05) is 17.3 Å². The maximum absolute atomic E-state index is 6.09. The number of hydrogen-bond donors (Lipinski definition) is 1. The van der Waals surface area contributed by atoms with Crippen LogP contribution in [0.3, 0.4) is 0 Å². The summed E-state index contributed by atoms with van der Waals surface area (Å²) in [6.07, 6.45) is 0. The summed E-state index contributed by atoms with van der Waals surface area (Å²) >= 11 is 6.09. The van der Waals surface area contributed by atoms with Gasteiger partial charge in [0.1, 0.15) is 12.4 Å². The van der Waals surface area contributed by atoms with Crippen LogP contribution in [0, 0.1) is 20.8 Å². The lowest BCUT2D eigenvalue weighted by Crippen LogP contribution is -2.12. The quantitative estimate of drug-likeness (QED) is 0.802. The van der Waals surface area contributed by atoms with Crippen molar-refractivity contribution >= 4 is 17.3 Å². The summed E-state index contributed by atoms with van der Waals surface area (Å²) in [4.78, 5) is 0. The van der Waals surface area contributed by atoms with Crippen LogP contribution in [0.15, 0.2) is 36.4 Å². The highest BCUT2D eigenvalue weighted by Crippen LogP contribution is 2.23. The van der Waals surface area contributed by atoms with Crippen LogP contribution in [-0.4, -0.2) is 13.2 Å². The Balaban J connectivity index is 1.86. The molecule has 20 heavy (non-hydrogen) atoms. The van der Waals surface area contributed by atoms with Crippen molar-refractivity contribution in [1.29, 1.82) is 0 Å². The van der Waals surface area contributed by atoms with E-state index in [1.54, 1.807) is 0 Å². The maximum atomic E-state index is 6.09. The molecule has 2 aromatic carbocycles. The molecule has 2 rings (SSSR count). The molecular formula is C17H20ClNO. The fraction of sp³-hybridized carbons (Fsp3) is 0.294. The Morgan fingerprint density at radius 2 is 1.90 bits per heavy atom. The second-order valence-electron chi connectivity index (χ2n) is 4.96. The van der Waals surface area contributed by atoms with Gasteiger partial charge in [0.05, 0.1) is 0 Å². The van der Waals surface area contributed by atoms with Crippen molar-refractivity contribution in [3.8, 4) is 5.75 Å². The first-order valence-electron chi connectivity index (χ1n) is 6.77. The van der Waals surface area contributed by atoms with Gasteiger partial charge in [-0.3, -0.25) is 0 Å². The molecule has 0 atom stereocenters. The molecule has 0 amide bonds. The standard InChI is InChI=1S/C17H20ClNO/c1-12-7-8-17(13(2)11-12)20-10-9-19-16-6-4-5-15(18)14(16)3/h4-8,11,19H,9-10H2,1-3H3. The summed E-state index contributed by atoms with van der Waals surface area (Å²) in [6.45, 7) is 7.52. The zero-order valence-electron chi connectivity index (χ0n) is 12.2. The highest BCUT2D eigenvalue weighted by molar-refractivity contribution is 6.31. The first-order valence-corrected chi connectivity index (χ1v) is 7.15. The van der Waals surface area contributed by atoms with E-state index in [0.717, 1.165) is 28.6 Å². The number of anilines is 1. The number of rotatable bonds is 5. The van der Waals surface area contributed by atoms with E-state index in [1.165, 1.54) is 11.1 Å². The molecule has 0 fully saturated rings. The smallest absolute Gasteiger partial charge is 0.122 e. The maximum Gasteiger partial charge on any atom is 0.122 e. The van der Waals surface area contributed by atoms with Crippen molar-refractivity contribution in [3.05, 3.63) is 58.1 Å². The predicted molar refractivity (Wildman–Crippen MR) is 86.1 cm³/mol. The first-order chi connectivity index (χ1) is 9.58. The average Bonchev–Trinajstić information content (AvgIpc) is 2.41. The topological polar surface area (TPSA) is 21.3 Å². The highest BCUT2D eigenvalue weighted by atomic mass is 35.5. The van der Waals surface area contributed by atoms with Gasteiger partial charge in [-0.15, -0.1) is 0 Å². The summed E-state index contributed by atoms with van der Waals surface area (Å²) < 4.78 is 5.79. The fourth-order valence-electron chi connectivity index (χ4n) is 2.11. The third-order valence-corrected chi connectivity index (χ3v) is 3.68. The van der Waals surface area contributed by atoms with Crippen molar-refractivity contribution in [3.63, 3.8) is 0 Å². The minimum Gasteiger partial charge on any atom is -0.491 e. The molecule has 0 spiro atoms. The van der Waals surface area contributed by atoms with Gasteiger partial charge >= 0.3 is 0 Å². The molecule has 0 heterocycles. The van der Waals surface area contributed by atoms with Crippen LogP contribution in [0.4, 0.5) is 5.69 Å². The molecule has 2 aromatic rings. The van der Waals surface area contributed by atoms with Gasteiger partial charge in [-0.05, 0) is 50.1 Å². The third kappa shape index (κ3) is 3.67. The summed E-state index contributed by atoms with van der Waals surface area (Å²) in [5, 5.41) is 4.13. The fourth-order valence-corrected chi connectivity index (χ4v) is 2.28. The Morgan fingerprint density at radius 1 is 1.10 bits per heavy atom. The van der Waals surface area contributed by atoms with Crippen molar-refractivity contribution in [2.75, 3.05) is 18.5 Å². The lowest BCUT2D eigenvalue weighted by molar-refractivity contribution is 0.330. The Morgan fingerprint density at radius 3 is 2.65 bits per heavy atom. The summed E-state index contributed by atoms with van der Waals surface area (Å²) in [6, 6.07) is 12.1. The molecule has 0 bridgehead atoms. The van der Waals surface area contributed by atoms with Crippen LogP contribution in [0.2, 0.25) is 5.02 Å². The minimum absolute atomic E-state index is 0.621. The van der Waals surface area contributed by atoms with Crippen LogP contribution in [-0.2, 0) is 0 Å². The molecular weight excluding hydrogens is 270 g/mol. The normalized spacial score (nSPS) is 10.4. The van der Waals surface area contributed by atoms with E-state index in [0.29, 0.717) is 6.61 Å². The van der Waals surface area contributed by atoms with Gasteiger partial charge in [-0.2, -0.15) is 0 Å². The molecule has 0 aliphatic rings. The molecule has 0 radical (unpaired) electrons. The van der Waals surface area contributed by atoms with E-state index >= 15 is 0 Å². The lowest BCUT2D eigenvalue weighted by Gasteiger charge is -2.13. The predicted octanol–water partition coefficient (Wildman–Crippen LogP) is 4.76. The zero-order chi connectivity index (χ0) is 14.5. The van der Waals surface area contributed by atoms with Crippen LogP contribution in [0.25, 0.3) is 0 Å². The molecule has 0 aliphatic heterocycles. The van der Waals surface area contributed by atoms with Crippen LogP contribution >= 0.6 is 11.6 Å². The Labute approximate surface area is 125 Å². The number of benzene rings is 2. The Kier molecular flexibility index (Phi) is 4.91. The van der Waals surface area contributed by atoms with Crippen LogP contribution in [0.1, 0.15) is 16.7 Å². The zero-order valence-corrected chi connectivity index (χ0v) is 12.9. The largest absolute Gasteiger partial charge is 0.491 e. The van der Waals surface area contributed by atoms with Gasteiger partial charge < -0.3 is 10.1 Å². The Bertz CT molecular complexity index is 596. The lowest BCUT2D eigenvalue weighted by atomic mass is 10.1. The monoisotopic (exact) mass is 289 g/mol. The number of nitrogens with one attached hydrogen (secondary N) is 1. The number of hydrogen-bond acceptors (Lipinski definition) is 2. The summed E-state index contributed by atoms with van der Waals surface area (Å²) in [5.74, 6) is 0.945. The van der Waals surface area contributed by atoms with E-state index < -0.39 is 0 Å². The van der Waals surface area contributed by atoms with Crippen LogP contribution in [0.5, 0.6) is 5.75 Å². The van der Waals surface area contributed by atoms with Gasteiger partial charge in [0.15, 0.2) is 0 Å². The molecule has 2 nitrogen and oxygen atoms in total.